The van der Waals surface area contributed by atoms with E-state index in [0.717, 1.165) is 6.07 Å². The van der Waals surface area contributed by atoms with Crippen LogP contribution in [0.4, 0.5) is 32.2 Å². The summed E-state index contributed by atoms with van der Waals surface area (Å²) in [7, 11) is 0. The van der Waals surface area contributed by atoms with Crippen LogP contribution >= 0.6 is 0 Å². The lowest BCUT2D eigenvalue weighted by Crippen LogP contribution is -2.55. The molecule has 1 aromatic heterocycles. The number of nitrogens with one attached hydrogen (secondary N) is 1. The first-order chi connectivity index (χ1) is 8.39. The second-order valence-corrected chi connectivity index (χ2v) is 3.90. The van der Waals surface area contributed by atoms with E-state index in [0.29, 0.717) is 0 Å². The summed E-state index contributed by atoms with van der Waals surface area (Å²) in [6.45, 7) is 1.12. The molecule has 1 rings (SSSR count). The minimum absolute atomic E-state index is 0.121. The Morgan fingerprint density at radius 2 is 1.68 bits per heavy atom. The Morgan fingerprint density at radius 3 is 2.00 bits per heavy atom. The molecule has 19 heavy (non-hydrogen) atoms. The Balaban J connectivity index is 3.10. The van der Waals surface area contributed by atoms with Crippen molar-refractivity contribution in [3.05, 3.63) is 11.8 Å². The van der Waals surface area contributed by atoms with Gasteiger partial charge in [0.1, 0.15) is 5.76 Å². The molecular formula is C9H8F6N2O2. The first-order valence-corrected chi connectivity index (χ1v) is 4.78. The van der Waals surface area contributed by atoms with Gasteiger partial charge in [-0.25, -0.2) is 0 Å². The lowest BCUT2D eigenvalue weighted by atomic mass is 9.87. The van der Waals surface area contributed by atoms with Gasteiger partial charge in [0.2, 0.25) is 11.3 Å². The van der Waals surface area contributed by atoms with Crippen molar-refractivity contribution in [2.75, 3.05) is 5.32 Å². The van der Waals surface area contributed by atoms with E-state index in [9.17, 15) is 31.1 Å². The number of amides is 1. The molecule has 0 radical (unpaired) electrons. The molecule has 0 saturated carbocycles. The number of carbonyl (C=O) groups is 1. The number of hydrogen-bond donors (Lipinski definition) is 1. The summed E-state index contributed by atoms with van der Waals surface area (Å²) in [5.41, 5.74) is -4.53. The molecule has 0 aliphatic carbocycles. The number of nitrogens with zero attached hydrogens (tertiary/aromatic N) is 1. The van der Waals surface area contributed by atoms with Gasteiger partial charge < -0.3 is 9.84 Å². The summed E-state index contributed by atoms with van der Waals surface area (Å²) in [5.74, 6) is -2.68. The molecule has 10 heteroatoms. The fraction of sp³-hybridized carbons (Fsp3) is 0.556. The zero-order chi connectivity index (χ0) is 15.1. The van der Waals surface area contributed by atoms with Crippen LogP contribution in [0.3, 0.4) is 0 Å². The smallest absolute Gasteiger partial charge is 0.360 e. The Kier molecular flexibility index (Phi) is 3.57. The Morgan fingerprint density at radius 1 is 1.21 bits per heavy atom. The molecule has 0 aliphatic heterocycles. The van der Waals surface area contributed by atoms with Crippen molar-refractivity contribution in [1.29, 1.82) is 0 Å². The molecule has 0 bridgehead atoms. The molecule has 0 fully saturated rings. The zero-order valence-corrected chi connectivity index (χ0v) is 9.61. The van der Waals surface area contributed by atoms with E-state index in [2.05, 4.69) is 9.68 Å². The molecule has 1 amide bonds. The minimum atomic E-state index is -5.80. The van der Waals surface area contributed by atoms with Crippen LogP contribution in [-0.4, -0.2) is 23.4 Å². The molecule has 0 unspecified atom stereocenters. The van der Waals surface area contributed by atoms with Gasteiger partial charge in [-0.15, -0.1) is 0 Å². The number of aromatic nitrogens is 1. The third-order valence-electron chi connectivity index (χ3n) is 2.46. The maximum absolute atomic E-state index is 12.5. The van der Waals surface area contributed by atoms with Crippen molar-refractivity contribution in [3.8, 4) is 0 Å². The van der Waals surface area contributed by atoms with Crippen molar-refractivity contribution in [3.63, 3.8) is 0 Å². The molecule has 4 nitrogen and oxygen atoms in total. The average molecular weight is 290 g/mol. The largest absolute Gasteiger partial charge is 0.411 e. The van der Waals surface area contributed by atoms with Crippen LogP contribution in [0.15, 0.2) is 10.6 Å². The first kappa shape index (κ1) is 15.3. The molecule has 0 spiro atoms. The van der Waals surface area contributed by atoms with E-state index < -0.39 is 29.5 Å². The quantitative estimate of drug-likeness (QED) is 0.852. The molecule has 0 aromatic carbocycles. The summed E-state index contributed by atoms with van der Waals surface area (Å²) < 4.78 is 79.6. The standard InChI is InChI=1S/C9H8F6N2O2/c1-4-3-5(17-19-4)16-6(18)7(2,8(10,11)12)9(13,14)15/h3H,1-2H3,(H,16,17,18). The number of anilines is 1. The highest BCUT2D eigenvalue weighted by Gasteiger charge is 2.72. The predicted octanol–water partition coefficient (Wildman–Crippen LogP) is 3.05. The first-order valence-electron chi connectivity index (χ1n) is 4.78. The molecule has 1 N–H and O–H groups in total. The molecule has 0 atom stereocenters. The second-order valence-electron chi connectivity index (χ2n) is 3.90. The SMILES string of the molecule is Cc1cc(NC(=O)C(C)(C(F)(F)F)C(F)(F)F)no1. The topological polar surface area (TPSA) is 55.1 Å². The molecule has 1 aromatic rings. The van der Waals surface area contributed by atoms with E-state index in [-0.39, 0.29) is 12.7 Å². The minimum Gasteiger partial charge on any atom is -0.360 e. The van der Waals surface area contributed by atoms with Gasteiger partial charge in [-0.3, -0.25) is 4.79 Å². The van der Waals surface area contributed by atoms with Gasteiger partial charge in [0.05, 0.1) is 0 Å². The number of rotatable bonds is 2. The predicted molar refractivity (Wildman–Crippen MR) is 50.1 cm³/mol. The molecule has 1 heterocycles. The molecule has 108 valence electrons. The lowest BCUT2D eigenvalue weighted by molar-refractivity contribution is -0.317. The summed E-state index contributed by atoms with van der Waals surface area (Å²) in [4.78, 5) is 11.3. The number of alkyl halides is 6. The Bertz CT molecular complexity index is 462. The van der Waals surface area contributed by atoms with E-state index in [4.69, 9.17) is 0 Å². The number of halogens is 6. The van der Waals surface area contributed by atoms with Crippen LogP contribution in [0.2, 0.25) is 0 Å². The third kappa shape index (κ3) is 2.66. The van der Waals surface area contributed by atoms with Gasteiger partial charge in [0, 0.05) is 6.07 Å². The summed E-state index contributed by atoms with van der Waals surface area (Å²) in [6, 6.07) is 0.991. The Labute approximate surface area is 102 Å². The normalized spacial score (nSPS) is 13.5. The second kappa shape index (κ2) is 4.42. The van der Waals surface area contributed by atoms with Crippen LogP contribution in [0.25, 0.3) is 0 Å². The highest BCUT2D eigenvalue weighted by atomic mass is 19.4. The molecular weight excluding hydrogens is 282 g/mol. The maximum atomic E-state index is 12.5. The summed E-state index contributed by atoms with van der Waals surface area (Å²) in [6.07, 6.45) is -11.6. The number of carbonyl (C=O) groups excluding carboxylic acids is 1. The van der Waals surface area contributed by atoms with Crippen LogP contribution in [-0.2, 0) is 4.79 Å². The van der Waals surface area contributed by atoms with Crippen molar-refractivity contribution < 1.29 is 35.7 Å². The molecule has 0 aliphatic rings. The molecule has 0 saturated heterocycles. The fourth-order valence-electron chi connectivity index (χ4n) is 1.08. The van der Waals surface area contributed by atoms with Gasteiger partial charge in [-0.2, -0.15) is 26.3 Å². The highest BCUT2D eigenvalue weighted by Crippen LogP contribution is 2.50. The number of hydrogen-bond acceptors (Lipinski definition) is 3. The van der Waals surface area contributed by atoms with Gasteiger partial charge >= 0.3 is 12.4 Å². The van der Waals surface area contributed by atoms with E-state index >= 15 is 0 Å². The van der Waals surface area contributed by atoms with Crippen molar-refractivity contribution >= 4 is 11.7 Å². The van der Waals surface area contributed by atoms with Gasteiger partial charge in [-0.05, 0) is 13.8 Å². The van der Waals surface area contributed by atoms with Crippen LogP contribution < -0.4 is 5.32 Å². The van der Waals surface area contributed by atoms with Crippen LogP contribution in [0.1, 0.15) is 12.7 Å². The Hall–Kier alpha value is -1.74. The van der Waals surface area contributed by atoms with E-state index in [1.165, 1.54) is 12.2 Å². The lowest BCUT2D eigenvalue weighted by Gasteiger charge is -2.31. The van der Waals surface area contributed by atoms with Gasteiger partial charge in [0.15, 0.2) is 5.82 Å². The zero-order valence-electron chi connectivity index (χ0n) is 9.61. The fourth-order valence-corrected chi connectivity index (χ4v) is 1.08. The van der Waals surface area contributed by atoms with Gasteiger partial charge in [0.25, 0.3) is 0 Å². The van der Waals surface area contributed by atoms with Crippen molar-refractivity contribution in [2.45, 2.75) is 26.2 Å². The summed E-state index contributed by atoms with van der Waals surface area (Å²) in [5, 5.41) is 4.52. The van der Waals surface area contributed by atoms with Crippen molar-refractivity contribution in [2.24, 2.45) is 5.41 Å². The number of aryl methyl sites for hydroxylation is 1. The third-order valence-corrected chi connectivity index (χ3v) is 2.46. The van der Waals surface area contributed by atoms with Gasteiger partial charge in [-0.1, -0.05) is 5.16 Å². The summed E-state index contributed by atoms with van der Waals surface area (Å²) >= 11 is 0. The van der Waals surface area contributed by atoms with Crippen molar-refractivity contribution in [1.82, 2.24) is 5.16 Å². The van der Waals surface area contributed by atoms with E-state index in [1.54, 1.807) is 0 Å². The van der Waals surface area contributed by atoms with E-state index in [1.807, 2.05) is 0 Å². The average Bonchev–Trinajstić information content (AvgIpc) is 2.59. The monoisotopic (exact) mass is 290 g/mol. The van der Waals surface area contributed by atoms with Crippen LogP contribution in [0, 0.1) is 12.3 Å². The maximum Gasteiger partial charge on any atom is 0.411 e. The van der Waals surface area contributed by atoms with Crippen LogP contribution in [0.5, 0.6) is 0 Å². The highest BCUT2D eigenvalue weighted by molar-refractivity contribution is 5.95.